The Labute approximate surface area is 229 Å². The zero-order chi connectivity index (χ0) is 26.9. The fourth-order valence-electron chi connectivity index (χ4n) is 4.25. The number of likely N-dealkylation sites (N-methyl/N-ethyl adjacent to an activating group) is 1. The van der Waals surface area contributed by atoms with Crippen LogP contribution in [0.4, 0.5) is 34.5 Å². The molecule has 2 heterocycles. The fourth-order valence-corrected chi connectivity index (χ4v) is 5.64. The predicted octanol–water partition coefficient (Wildman–Crippen LogP) is 4.39. The monoisotopic (exact) mass is 556 g/mol. The molecule has 0 spiro atoms. The Kier molecular flexibility index (Phi) is 7.62. The third kappa shape index (κ3) is 6.47. The Bertz CT molecular complexity index is 1410. The molecule has 1 aliphatic carbocycles. The SMILES string of the molecule is Cc1c(Nc2nc(Nc3ccc(N4CCN(C)CC4)cc3)ncc2Cl)ccc(NS(=O)(=O)NC2CC2)c1C. The molecule has 1 saturated carbocycles. The van der Waals surface area contributed by atoms with E-state index < -0.39 is 10.2 Å². The fraction of sp³-hybridized carbons (Fsp3) is 0.385. The molecule has 5 rings (SSSR count). The maximum atomic E-state index is 12.3. The number of hydrogen-bond donors (Lipinski definition) is 4. The normalized spacial score (nSPS) is 16.4. The average Bonchev–Trinajstić information content (AvgIpc) is 3.70. The first-order chi connectivity index (χ1) is 18.2. The number of aromatic nitrogens is 2. The van der Waals surface area contributed by atoms with Crippen molar-refractivity contribution >= 4 is 56.3 Å². The van der Waals surface area contributed by atoms with Gasteiger partial charge in [0.2, 0.25) is 5.95 Å². The van der Waals surface area contributed by atoms with E-state index in [-0.39, 0.29) is 6.04 Å². The van der Waals surface area contributed by atoms with Crippen molar-refractivity contribution in [3.8, 4) is 0 Å². The summed E-state index contributed by atoms with van der Waals surface area (Å²) in [6.07, 6.45) is 3.30. The summed E-state index contributed by atoms with van der Waals surface area (Å²) in [4.78, 5) is 13.6. The molecule has 1 aromatic heterocycles. The Morgan fingerprint density at radius 2 is 1.58 bits per heavy atom. The van der Waals surface area contributed by atoms with E-state index in [0.29, 0.717) is 22.5 Å². The lowest BCUT2D eigenvalue weighted by atomic mass is 10.1. The summed E-state index contributed by atoms with van der Waals surface area (Å²) in [6.45, 7) is 7.94. The lowest BCUT2D eigenvalue weighted by molar-refractivity contribution is 0.313. The number of halogens is 1. The molecule has 4 N–H and O–H groups in total. The van der Waals surface area contributed by atoms with Gasteiger partial charge < -0.3 is 20.4 Å². The molecule has 0 radical (unpaired) electrons. The maximum absolute atomic E-state index is 12.3. The van der Waals surface area contributed by atoms with Gasteiger partial charge in [0.25, 0.3) is 10.2 Å². The lowest BCUT2D eigenvalue weighted by Crippen LogP contribution is -2.44. The van der Waals surface area contributed by atoms with Crippen LogP contribution in [0.1, 0.15) is 24.0 Å². The molecule has 3 aromatic rings. The van der Waals surface area contributed by atoms with E-state index in [9.17, 15) is 8.42 Å². The van der Waals surface area contributed by atoms with Crippen LogP contribution in [0.3, 0.4) is 0 Å². The van der Waals surface area contributed by atoms with Crippen LogP contribution < -0.4 is 25.0 Å². The van der Waals surface area contributed by atoms with Crippen molar-refractivity contribution < 1.29 is 8.42 Å². The number of hydrogen-bond acceptors (Lipinski definition) is 8. The lowest BCUT2D eigenvalue weighted by Gasteiger charge is -2.34. The van der Waals surface area contributed by atoms with Crippen molar-refractivity contribution in [3.05, 3.63) is 58.7 Å². The second-order valence-electron chi connectivity index (χ2n) is 9.89. The summed E-state index contributed by atoms with van der Waals surface area (Å²) >= 11 is 6.41. The number of rotatable bonds is 9. The Hall–Kier alpha value is -3.12. The quantitative estimate of drug-likeness (QED) is 0.307. The van der Waals surface area contributed by atoms with Crippen LogP contribution in [0.5, 0.6) is 0 Å². The molecule has 0 amide bonds. The summed E-state index contributed by atoms with van der Waals surface area (Å²) in [6, 6.07) is 11.8. The first-order valence-corrected chi connectivity index (χ1v) is 14.5. The van der Waals surface area contributed by atoms with Gasteiger partial charge in [0.05, 0.1) is 11.9 Å². The van der Waals surface area contributed by atoms with Crippen molar-refractivity contribution in [1.82, 2.24) is 19.6 Å². The number of benzene rings is 2. The van der Waals surface area contributed by atoms with E-state index in [1.807, 2.05) is 26.0 Å². The van der Waals surface area contributed by atoms with Crippen LogP contribution in [0.15, 0.2) is 42.6 Å². The van der Waals surface area contributed by atoms with Gasteiger partial charge in [-0.15, -0.1) is 0 Å². The minimum absolute atomic E-state index is 0.0347. The zero-order valence-corrected chi connectivity index (χ0v) is 23.3. The Morgan fingerprint density at radius 1 is 0.921 bits per heavy atom. The first-order valence-electron chi connectivity index (χ1n) is 12.7. The minimum Gasteiger partial charge on any atom is -0.369 e. The van der Waals surface area contributed by atoms with Crippen LogP contribution in [0.25, 0.3) is 0 Å². The standard InChI is InChI=1S/C26H33ClN8O2S/c1-17-18(2)24(33-38(36,37)32-20-4-5-20)11-10-23(17)30-25-22(27)16-28-26(31-25)29-19-6-8-21(9-7-19)35-14-12-34(3)13-15-35/h6-11,16,20,32-33H,4-5,12-15H2,1-3H3,(H2,28,29,30,31). The average molecular weight is 557 g/mol. The second-order valence-corrected chi connectivity index (χ2v) is 11.7. The molecule has 0 bridgehead atoms. The molecular weight excluding hydrogens is 524 g/mol. The highest BCUT2D eigenvalue weighted by Gasteiger charge is 2.27. The summed E-state index contributed by atoms with van der Waals surface area (Å²) in [5.74, 6) is 0.860. The van der Waals surface area contributed by atoms with E-state index in [1.165, 1.54) is 5.69 Å². The van der Waals surface area contributed by atoms with Crippen LogP contribution in [0.2, 0.25) is 5.02 Å². The van der Waals surface area contributed by atoms with Crippen LogP contribution >= 0.6 is 11.6 Å². The van der Waals surface area contributed by atoms with Crippen molar-refractivity contribution in [2.75, 3.05) is 53.5 Å². The molecule has 202 valence electrons. The van der Waals surface area contributed by atoms with Gasteiger partial charge in [0, 0.05) is 49.3 Å². The number of anilines is 6. The predicted molar refractivity (Wildman–Crippen MR) is 154 cm³/mol. The molecule has 0 atom stereocenters. The minimum atomic E-state index is -3.61. The second kappa shape index (κ2) is 10.9. The van der Waals surface area contributed by atoms with E-state index in [4.69, 9.17) is 11.6 Å². The van der Waals surface area contributed by atoms with E-state index in [0.717, 1.165) is 61.5 Å². The third-order valence-electron chi connectivity index (χ3n) is 6.92. The van der Waals surface area contributed by atoms with Crippen LogP contribution in [-0.4, -0.2) is 62.6 Å². The highest BCUT2D eigenvalue weighted by atomic mass is 35.5. The van der Waals surface area contributed by atoms with Gasteiger partial charge >= 0.3 is 0 Å². The topological polar surface area (TPSA) is 115 Å². The van der Waals surface area contributed by atoms with Gasteiger partial charge in [-0.3, -0.25) is 4.72 Å². The highest BCUT2D eigenvalue weighted by molar-refractivity contribution is 7.90. The van der Waals surface area contributed by atoms with E-state index in [1.54, 1.807) is 18.3 Å². The number of piperazine rings is 1. The molecule has 1 saturated heterocycles. The van der Waals surface area contributed by atoms with E-state index in [2.05, 4.69) is 59.0 Å². The molecular formula is C26H33ClN8O2S. The molecule has 0 unspecified atom stereocenters. The summed E-state index contributed by atoms with van der Waals surface area (Å²) in [5, 5.41) is 6.89. The largest absolute Gasteiger partial charge is 0.369 e. The molecule has 2 fully saturated rings. The molecule has 12 heteroatoms. The molecule has 2 aromatic carbocycles. The van der Waals surface area contributed by atoms with Crippen molar-refractivity contribution in [3.63, 3.8) is 0 Å². The molecule has 38 heavy (non-hydrogen) atoms. The zero-order valence-electron chi connectivity index (χ0n) is 21.8. The van der Waals surface area contributed by atoms with Gasteiger partial charge in [-0.1, -0.05) is 11.6 Å². The highest BCUT2D eigenvalue weighted by Crippen LogP contribution is 2.31. The van der Waals surface area contributed by atoms with Crippen molar-refractivity contribution in [1.29, 1.82) is 0 Å². The number of nitrogens with one attached hydrogen (secondary N) is 4. The molecule has 1 aliphatic heterocycles. The summed E-state index contributed by atoms with van der Waals surface area (Å²) in [7, 11) is -1.46. The third-order valence-corrected chi connectivity index (χ3v) is 8.33. The smallest absolute Gasteiger partial charge is 0.299 e. The Balaban J connectivity index is 1.27. The van der Waals surface area contributed by atoms with Gasteiger partial charge in [-0.05, 0) is 81.3 Å². The summed E-state index contributed by atoms with van der Waals surface area (Å²) < 4.78 is 30.0. The van der Waals surface area contributed by atoms with Crippen LogP contribution in [-0.2, 0) is 10.2 Å². The molecule has 10 nitrogen and oxygen atoms in total. The first kappa shape index (κ1) is 26.5. The Morgan fingerprint density at radius 3 is 2.26 bits per heavy atom. The maximum Gasteiger partial charge on any atom is 0.299 e. The van der Waals surface area contributed by atoms with Gasteiger partial charge in [0.15, 0.2) is 5.82 Å². The van der Waals surface area contributed by atoms with Crippen LogP contribution in [0, 0.1) is 13.8 Å². The molecule has 2 aliphatic rings. The van der Waals surface area contributed by atoms with Gasteiger partial charge in [-0.25, -0.2) is 4.98 Å². The van der Waals surface area contributed by atoms with Crippen molar-refractivity contribution in [2.45, 2.75) is 32.7 Å². The van der Waals surface area contributed by atoms with Gasteiger partial charge in [-0.2, -0.15) is 18.1 Å². The number of nitrogens with zero attached hydrogens (tertiary/aromatic N) is 4. The summed E-state index contributed by atoms with van der Waals surface area (Å²) in [5.41, 5.74) is 5.05. The van der Waals surface area contributed by atoms with E-state index >= 15 is 0 Å². The van der Waals surface area contributed by atoms with Crippen molar-refractivity contribution in [2.24, 2.45) is 0 Å². The van der Waals surface area contributed by atoms with Gasteiger partial charge in [0.1, 0.15) is 5.02 Å².